The molecule has 7 heteroatoms. The molecule has 0 aliphatic carbocycles. The summed E-state index contributed by atoms with van der Waals surface area (Å²) in [6.07, 6.45) is 0. The topological polar surface area (TPSA) is 68.3 Å². The molecule has 1 aromatic carbocycles. The largest absolute Gasteiger partial charge is 0.451 e. The number of hydrogen-bond acceptors (Lipinski definition) is 3. The summed E-state index contributed by atoms with van der Waals surface area (Å²) < 4.78 is 18.4. The molecule has 0 spiro atoms. The van der Waals surface area contributed by atoms with Crippen molar-refractivity contribution in [3.05, 3.63) is 46.9 Å². The van der Waals surface area contributed by atoms with E-state index in [1.165, 1.54) is 24.3 Å². The number of carbonyl (C=O) groups is 1. The van der Waals surface area contributed by atoms with Gasteiger partial charge in [-0.15, -0.1) is 0 Å². The van der Waals surface area contributed by atoms with E-state index in [0.717, 1.165) is 0 Å². The predicted octanol–water partition coefficient (Wildman–Crippen LogP) is 2.71. The van der Waals surface area contributed by atoms with Crippen molar-refractivity contribution in [2.45, 2.75) is 0 Å². The average Bonchev–Trinajstić information content (AvgIpc) is 2.81. The van der Waals surface area contributed by atoms with Crippen LogP contribution in [0.2, 0.25) is 5.02 Å². The van der Waals surface area contributed by atoms with Gasteiger partial charge in [0.2, 0.25) is 0 Å². The number of nitrogens with one attached hydrogen (secondary N) is 1. The summed E-state index contributed by atoms with van der Waals surface area (Å²) in [5.41, 5.74) is 5.74. The van der Waals surface area contributed by atoms with Crippen LogP contribution in [-0.2, 0) is 0 Å². The molecule has 0 atom stereocenters. The lowest BCUT2D eigenvalue weighted by molar-refractivity contribution is 0.0951. The molecule has 98 valence electrons. The average molecular weight is 299 g/mol. The van der Waals surface area contributed by atoms with Gasteiger partial charge in [0.15, 0.2) is 10.9 Å². The first kappa shape index (κ1) is 13.5. The van der Waals surface area contributed by atoms with Gasteiger partial charge in [-0.1, -0.05) is 11.6 Å². The number of rotatable bonds is 2. The maximum Gasteiger partial charge on any atom is 0.293 e. The molecule has 1 aromatic heterocycles. The molecule has 19 heavy (non-hydrogen) atoms. The number of amides is 1. The van der Waals surface area contributed by atoms with Gasteiger partial charge in [-0.25, -0.2) is 4.39 Å². The maximum atomic E-state index is 13.0. The summed E-state index contributed by atoms with van der Waals surface area (Å²) >= 11 is 10.2. The number of halogens is 2. The molecule has 0 saturated heterocycles. The van der Waals surface area contributed by atoms with Crippen molar-refractivity contribution >= 4 is 34.8 Å². The molecule has 0 aliphatic heterocycles. The molecular formula is C12H8ClFN2O2S. The Kier molecular flexibility index (Phi) is 3.82. The third-order valence-corrected chi connectivity index (χ3v) is 2.66. The zero-order valence-electron chi connectivity index (χ0n) is 9.44. The van der Waals surface area contributed by atoms with Crippen molar-refractivity contribution in [2.75, 3.05) is 0 Å². The van der Waals surface area contributed by atoms with Gasteiger partial charge >= 0.3 is 0 Å². The Hall–Kier alpha value is -1.92. The Labute approximate surface area is 118 Å². The van der Waals surface area contributed by atoms with Crippen LogP contribution in [0.4, 0.5) is 4.39 Å². The van der Waals surface area contributed by atoms with E-state index in [1.807, 2.05) is 0 Å². The Morgan fingerprint density at radius 1 is 1.37 bits per heavy atom. The lowest BCUT2D eigenvalue weighted by Gasteiger charge is -2.00. The molecule has 0 aliphatic rings. The zero-order valence-corrected chi connectivity index (χ0v) is 11.0. The van der Waals surface area contributed by atoms with Crippen LogP contribution in [0.1, 0.15) is 10.6 Å². The van der Waals surface area contributed by atoms with Crippen molar-refractivity contribution in [1.29, 1.82) is 0 Å². The Morgan fingerprint density at radius 3 is 2.74 bits per heavy atom. The Bertz CT molecular complexity index is 657. The van der Waals surface area contributed by atoms with E-state index in [2.05, 4.69) is 17.5 Å². The monoisotopic (exact) mass is 298 g/mol. The second kappa shape index (κ2) is 5.38. The third kappa shape index (κ3) is 3.10. The molecule has 0 fully saturated rings. The van der Waals surface area contributed by atoms with E-state index < -0.39 is 11.7 Å². The van der Waals surface area contributed by atoms with E-state index in [4.69, 9.17) is 21.8 Å². The molecule has 0 saturated carbocycles. The van der Waals surface area contributed by atoms with E-state index in [0.29, 0.717) is 11.3 Å². The summed E-state index contributed by atoms with van der Waals surface area (Å²) in [7, 11) is 0. The minimum Gasteiger partial charge on any atom is -0.451 e. The third-order valence-electron chi connectivity index (χ3n) is 2.27. The minimum absolute atomic E-state index is 0.0250. The van der Waals surface area contributed by atoms with Crippen LogP contribution < -0.4 is 11.1 Å². The first-order valence-corrected chi connectivity index (χ1v) is 5.92. The van der Waals surface area contributed by atoms with Crippen molar-refractivity contribution in [3.63, 3.8) is 0 Å². The van der Waals surface area contributed by atoms with Crippen LogP contribution in [-0.4, -0.2) is 11.0 Å². The van der Waals surface area contributed by atoms with Gasteiger partial charge in [0.25, 0.3) is 5.91 Å². The molecule has 0 unspecified atom stereocenters. The molecule has 2 aromatic rings. The van der Waals surface area contributed by atoms with E-state index in [1.54, 1.807) is 6.07 Å². The van der Waals surface area contributed by atoms with Gasteiger partial charge in [-0.2, -0.15) is 0 Å². The highest BCUT2D eigenvalue weighted by molar-refractivity contribution is 7.80. The van der Waals surface area contributed by atoms with E-state index in [-0.39, 0.29) is 15.9 Å². The fraction of sp³-hybridized carbons (Fsp3) is 0. The van der Waals surface area contributed by atoms with Crippen molar-refractivity contribution in [1.82, 2.24) is 5.32 Å². The van der Waals surface area contributed by atoms with Gasteiger partial charge in [0, 0.05) is 5.56 Å². The van der Waals surface area contributed by atoms with E-state index >= 15 is 0 Å². The van der Waals surface area contributed by atoms with Crippen LogP contribution in [0.3, 0.4) is 0 Å². The van der Waals surface area contributed by atoms with Gasteiger partial charge in [0.05, 0.1) is 5.02 Å². The fourth-order valence-corrected chi connectivity index (χ4v) is 1.71. The Morgan fingerprint density at radius 2 is 2.11 bits per heavy atom. The number of hydrogen-bond donors (Lipinski definition) is 2. The standard InChI is InChI=1S/C12H8ClFN2O2S/c13-7-5-6(1-2-8(7)14)9-3-4-10(18-9)11(17)16-12(15)19/h1-5H,(H3,15,16,17,19). The number of thiocarbonyl (C=S) groups is 1. The number of benzene rings is 1. The number of nitrogens with two attached hydrogens (primary N) is 1. The summed E-state index contributed by atoms with van der Waals surface area (Å²) in [6.45, 7) is 0. The molecule has 0 bridgehead atoms. The van der Waals surface area contributed by atoms with Crippen molar-refractivity contribution in [2.24, 2.45) is 5.73 Å². The van der Waals surface area contributed by atoms with Crippen LogP contribution >= 0.6 is 23.8 Å². The fourth-order valence-electron chi connectivity index (χ4n) is 1.44. The molecule has 1 heterocycles. The molecular weight excluding hydrogens is 291 g/mol. The number of carbonyl (C=O) groups excluding carboxylic acids is 1. The highest BCUT2D eigenvalue weighted by Crippen LogP contribution is 2.26. The molecule has 4 nitrogen and oxygen atoms in total. The van der Waals surface area contributed by atoms with Crippen LogP contribution in [0, 0.1) is 5.82 Å². The van der Waals surface area contributed by atoms with Crippen molar-refractivity contribution in [3.8, 4) is 11.3 Å². The first-order chi connectivity index (χ1) is 8.97. The van der Waals surface area contributed by atoms with Gasteiger partial charge in [0.1, 0.15) is 11.6 Å². The summed E-state index contributed by atoms with van der Waals surface area (Å²) in [4.78, 5) is 11.6. The highest BCUT2D eigenvalue weighted by Gasteiger charge is 2.13. The van der Waals surface area contributed by atoms with Gasteiger partial charge in [-0.05, 0) is 42.5 Å². The number of furan rings is 1. The van der Waals surface area contributed by atoms with Gasteiger partial charge < -0.3 is 10.2 Å². The zero-order chi connectivity index (χ0) is 14.0. The highest BCUT2D eigenvalue weighted by atomic mass is 35.5. The first-order valence-electron chi connectivity index (χ1n) is 5.13. The lowest BCUT2D eigenvalue weighted by Crippen LogP contribution is -2.34. The smallest absolute Gasteiger partial charge is 0.293 e. The minimum atomic E-state index is -0.549. The SMILES string of the molecule is NC(=S)NC(=O)c1ccc(-c2ccc(F)c(Cl)c2)o1. The second-order valence-corrected chi connectivity index (χ2v) is 4.46. The predicted molar refractivity (Wildman–Crippen MR) is 73.4 cm³/mol. The van der Waals surface area contributed by atoms with E-state index in [9.17, 15) is 9.18 Å². The summed E-state index contributed by atoms with van der Waals surface area (Å²) in [5, 5.41) is 2.06. The molecule has 1 amide bonds. The quantitative estimate of drug-likeness (QED) is 0.837. The summed E-state index contributed by atoms with van der Waals surface area (Å²) in [5.74, 6) is -0.645. The molecule has 2 rings (SSSR count). The molecule has 0 radical (unpaired) electrons. The Balaban J connectivity index is 2.27. The van der Waals surface area contributed by atoms with Crippen LogP contribution in [0.25, 0.3) is 11.3 Å². The normalized spacial score (nSPS) is 10.2. The second-order valence-electron chi connectivity index (χ2n) is 3.61. The molecule has 3 N–H and O–H groups in total. The van der Waals surface area contributed by atoms with Crippen LogP contribution in [0.5, 0.6) is 0 Å². The maximum absolute atomic E-state index is 13.0. The van der Waals surface area contributed by atoms with Crippen LogP contribution in [0.15, 0.2) is 34.7 Å². The van der Waals surface area contributed by atoms with Gasteiger partial charge in [-0.3, -0.25) is 10.1 Å². The van der Waals surface area contributed by atoms with Crippen molar-refractivity contribution < 1.29 is 13.6 Å². The lowest BCUT2D eigenvalue weighted by atomic mass is 10.2. The summed E-state index contributed by atoms with van der Waals surface area (Å²) in [6, 6.07) is 7.15.